The van der Waals surface area contributed by atoms with Crippen LogP contribution >= 0.6 is 0 Å². The predicted molar refractivity (Wildman–Crippen MR) is 132 cm³/mol. The maximum absolute atomic E-state index is 10.4. The monoisotopic (exact) mass is 454 g/mol. The summed E-state index contributed by atoms with van der Waals surface area (Å²) in [5.41, 5.74) is 13.2. The molecule has 5 aromatic rings. The Hall–Kier alpha value is -4.96. The van der Waals surface area contributed by atoms with E-state index in [1.165, 1.54) is 6.26 Å². The first-order chi connectivity index (χ1) is 17.1. The van der Waals surface area contributed by atoms with Crippen LogP contribution in [0.1, 0.15) is 22.5 Å². The lowest BCUT2D eigenvalue weighted by atomic mass is 9.69. The highest BCUT2D eigenvalue weighted by atomic mass is 16.5. The number of rotatable bonds is 1. The third-order valence-electron chi connectivity index (χ3n) is 6.87. The summed E-state index contributed by atoms with van der Waals surface area (Å²) in [4.78, 5) is 10.1. The number of ether oxygens (including phenoxy) is 1. The van der Waals surface area contributed by atoms with Crippen LogP contribution in [0.3, 0.4) is 0 Å². The number of nitrogens with zero attached hydrogens (tertiary/aromatic N) is 5. The second-order valence-electron chi connectivity index (χ2n) is 8.71. The lowest BCUT2D eigenvalue weighted by molar-refractivity contribution is 0.407. The molecule has 1 atom stereocenters. The molecule has 0 saturated heterocycles. The number of hydrogen-bond acceptors (Lipinski definition) is 6. The van der Waals surface area contributed by atoms with Crippen LogP contribution in [0, 0.1) is 18.3 Å². The number of anilines is 1. The third kappa shape index (κ3) is 2.35. The fourth-order valence-electron chi connectivity index (χ4n) is 5.46. The van der Waals surface area contributed by atoms with E-state index in [0.717, 1.165) is 28.1 Å². The van der Waals surface area contributed by atoms with Gasteiger partial charge in [0, 0.05) is 5.56 Å². The molecule has 0 saturated carbocycles. The minimum atomic E-state index is -1.00. The van der Waals surface area contributed by atoms with Crippen LogP contribution < -0.4 is 10.5 Å². The van der Waals surface area contributed by atoms with Crippen molar-refractivity contribution in [3.05, 3.63) is 107 Å². The fraction of sp³-hybridized carbons (Fsp3) is 0.0714. The van der Waals surface area contributed by atoms with E-state index in [2.05, 4.69) is 6.07 Å². The van der Waals surface area contributed by atoms with Crippen molar-refractivity contribution in [3.8, 4) is 28.9 Å². The molecule has 3 heterocycles. The maximum atomic E-state index is 10.4. The molecule has 3 aromatic carbocycles. The Balaban J connectivity index is 1.65. The van der Waals surface area contributed by atoms with Crippen molar-refractivity contribution in [3.63, 3.8) is 0 Å². The number of aryl methyl sites for hydroxylation is 1. The number of hydrogen-bond donors (Lipinski definition) is 1. The van der Waals surface area contributed by atoms with Gasteiger partial charge in [-0.2, -0.15) is 10.4 Å². The molecule has 7 nitrogen and oxygen atoms in total. The Kier molecular flexibility index (Phi) is 3.78. The second kappa shape index (κ2) is 6.78. The minimum Gasteiger partial charge on any atom is -0.445 e. The van der Waals surface area contributed by atoms with Gasteiger partial charge in [0.25, 0.3) is 0 Å². The number of allylic oxidation sites excluding steroid dienone is 1. The molecule has 35 heavy (non-hydrogen) atoms. The summed E-state index contributed by atoms with van der Waals surface area (Å²) in [7, 11) is 0. The standard InChI is InChI=1S/C28H18N6O/c1-16-23-27(34(33-16)18-8-3-2-4-9-18)35-15-17(14-29)28(23)20-11-6-5-10-19(20)24-26(28)31-22-13-7-12-21(30)25(22)32-24/h2-13,15H,30H2,1H3. The minimum absolute atomic E-state index is 0.435. The van der Waals surface area contributed by atoms with Gasteiger partial charge in [0.2, 0.25) is 5.88 Å². The first-order valence-electron chi connectivity index (χ1n) is 11.2. The Bertz CT molecular complexity index is 1760. The maximum Gasteiger partial charge on any atom is 0.226 e. The van der Waals surface area contributed by atoms with E-state index in [1.54, 1.807) is 4.68 Å². The number of fused-ring (bicyclic) bond motifs is 8. The summed E-state index contributed by atoms with van der Waals surface area (Å²) >= 11 is 0. The van der Waals surface area contributed by atoms with Crippen LogP contribution in [0.15, 0.2) is 84.6 Å². The van der Waals surface area contributed by atoms with Crippen molar-refractivity contribution < 1.29 is 4.74 Å². The zero-order valence-electron chi connectivity index (χ0n) is 18.7. The van der Waals surface area contributed by atoms with E-state index in [1.807, 2.05) is 79.7 Å². The number of nitrogen functional groups attached to an aromatic ring is 1. The van der Waals surface area contributed by atoms with Crippen molar-refractivity contribution in [2.75, 3.05) is 5.73 Å². The van der Waals surface area contributed by atoms with Gasteiger partial charge in [-0.05, 0) is 36.8 Å². The van der Waals surface area contributed by atoms with Crippen molar-refractivity contribution in [1.82, 2.24) is 19.7 Å². The highest BCUT2D eigenvalue weighted by Gasteiger charge is 2.55. The number of nitrogens with two attached hydrogens (primary N) is 1. The number of benzene rings is 3. The molecule has 2 aromatic heterocycles. The molecule has 0 bridgehead atoms. The molecule has 1 unspecified atom stereocenters. The van der Waals surface area contributed by atoms with Gasteiger partial charge in [0.05, 0.1) is 51.2 Å². The second-order valence-corrected chi connectivity index (χ2v) is 8.71. The summed E-state index contributed by atoms with van der Waals surface area (Å²) < 4.78 is 7.89. The van der Waals surface area contributed by atoms with Gasteiger partial charge in [-0.15, -0.1) is 0 Å². The smallest absolute Gasteiger partial charge is 0.226 e. The van der Waals surface area contributed by atoms with E-state index in [9.17, 15) is 5.26 Å². The number of nitriles is 1. The largest absolute Gasteiger partial charge is 0.445 e. The average molecular weight is 454 g/mol. The van der Waals surface area contributed by atoms with Crippen LogP contribution in [0.4, 0.5) is 5.69 Å². The van der Waals surface area contributed by atoms with Gasteiger partial charge in [-0.3, -0.25) is 0 Å². The van der Waals surface area contributed by atoms with Crippen molar-refractivity contribution in [2.45, 2.75) is 12.3 Å². The Morgan fingerprint density at radius 2 is 1.77 bits per heavy atom. The van der Waals surface area contributed by atoms with Crippen LogP contribution in [0.25, 0.3) is 28.0 Å². The van der Waals surface area contributed by atoms with Crippen LogP contribution in [-0.2, 0) is 5.41 Å². The number of para-hydroxylation sites is 2. The van der Waals surface area contributed by atoms with Crippen molar-refractivity contribution >= 4 is 16.7 Å². The number of aromatic nitrogens is 4. The molecule has 0 amide bonds. The summed E-state index contributed by atoms with van der Waals surface area (Å²) in [6.45, 7) is 1.94. The van der Waals surface area contributed by atoms with Gasteiger partial charge >= 0.3 is 0 Å². The normalized spacial score (nSPS) is 17.3. The van der Waals surface area contributed by atoms with Crippen molar-refractivity contribution in [2.24, 2.45) is 0 Å². The lowest BCUT2D eigenvalue weighted by Gasteiger charge is -2.33. The first kappa shape index (κ1) is 19.5. The van der Waals surface area contributed by atoms with Gasteiger partial charge in [-0.25, -0.2) is 14.6 Å². The van der Waals surface area contributed by atoms with Gasteiger partial charge in [0.15, 0.2) is 0 Å². The highest BCUT2D eigenvalue weighted by molar-refractivity contribution is 5.93. The van der Waals surface area contributed by atoms with Crippen LogP contribution in [-0.4, -0.2) is 19.7 Å². The SMILES string of the molecule is Cc1nn(-c2ccccc2)c2c1C1(C(C#N)=CO2)c2ccccc2-c2nc3c(N)cccc3nc21. The Morgan fingerprint density at radius 3 is 2.60 bits per heavy atom. The van der Waals surface area contributed by atoms with E-state index < -0.39 is 5.41 Å². The molecule has 166 valence electrons. The van der Waals surface area contributed by atoms with Crippen molar-refractivity contribution in [1.29, 1.82) is 5.26 Å². The lowest BCUT2D eigenvalue weighted by Crippen LogP contribution is -2.34. The van der Waals surface area contributed by atoms with E-state index in [4.69, 9.17) is 25.5 Å². The van der Waals surface area contributed by atoms with E-state index in [0.29, 0.717) is 39.6 Å². The molecule has 1 spiro atoms. The molecular weight excluding hydrogens is 436 g/mol. The Labute approximate surface area is 200 Å². The highest BCUT2D eigenvalue weighted by Crippen LogP contribution is 2.59. The molecule has 2 N–H and O–H groups in total. The molecule has 2 aliphatic rings. The molecule has 7 heteroatoms. The fourth-order valence-corrected chi connectivity index (χ4v) is 5.46. The summed E-state index contributed by atoms with van der Waals surface area (Å²) in [6, 6.07) is 25.8. The van der Waals surface area contributed by atoms with Gasteiger partial charge in [-0.1, -0.05) is 48.5 Å². The summed E-state index contributed by atoms with van der Waals surface area (Å²) in [5.74, 6) is 0.560. The molecule has 1 aliphatic heterocycles. The summed E-state index contributed by atoms with van der Waals surface area (Å²) in [5, 5.41) is 15.2. The first-order valence-corrected chi connectivity index (χ1v) is 11.2. The zero-order valence-corrected chi connectivity index (χ0v) is 18.7. The topological polar surface area (TPSA) is 103 Å². The molecule has 0 radical (unpaired) electrons. The van der Waals surface area contributed by atoms with Gasteiger partial charge < -0.3 is 10.5 Å². The zero-order chi connectivity index (χ0) is 23.7. The van der Waals surface area contributed by atoms with Gasteiger partial charge in [0.1, 0.15) is 17.2 Å². The third-order valence-corrected chi connectivity index (χ3v) is 6.87. The Morgan fingerprint density at radius 1 is 0.971 bits per heavy atom. The molecule has 0 fully saturated rings. The van der Waals surface area contributed by atoms with E-state index in [-0.39, 0.29) is 0 Å². The molecular formula is C28H18N6O. The average Bonchev–Trinajstić information content (AvgIpc) is 3.38. The van der Waals surface area contributed by atoms with Crippen LogP contribution in [0.5, 0.6) is 5.88 Å². The summed E-state index contributed by atoms with van der Waals surface area (Å²) in [6.07, 6.45) is 1.53. The predicted octanol–water partition coefficient (Wildman–Crippen LogP) is 4.82. The van der Waals surface area contributed by atoms with Crippen LogP contribution in [0.2, 0.25) is 0 Å². The molecule has 7 rings (SSSR count). The van der Waals surface area contributed by atoms with E-state index >= 15 is 0 Å². The molecule has 1 aliphatic carbocycles. The quantitative estimate of drug-likeness (QED) is 0.364.